The summed E-state index contributed by atoms with van der Waals surface area (Å²) in [5, 5.41) is 14.9. The maximum absolute atomic E-state index is 12.8. The van der Waals surface area contributed by atoms with Crippen LogP contribution in [0, 0.1) is 5.92 Å². The second-order valence-electron chi connectivity index (χ2n) is 7.25. The molecule has 1 fully saturated rings. The Labute approximate surface area is 163 Å². The van der Waals surface area contributed by atoms with Gasteiger partial charge in [-0.25, -0.2) is 4.98 Å². The van der Waals surface area contributed by atoms with Crippen molar-refractivity contribution in [3.63, 3.8) is 0 Å². The van der Waals surface area contributed by atoms with Gasteiger partial charge in [0.1, 0.15) is 17.4 Å². The zero-order valence-corrected chi connectivity index (χ0v) is 15.9. The van der Waals surface area contributed by atoms with E-state index in [1.807, 2.05) is 19.1 Å². The van der Waals surface area contributed by atoms with Crippen LogP contribution in [0.1, 0.15) is 55.9 Å². The highest BCUT2D eigenvalue weighted by Gasteiger charge is 2.35. The first-order valence-electron chi connectivity index (χ1n) is 9.77. The van der Waals surface area contributed by atoms with Crippen LogP contribution in [0.25, 0.3) is 5.65 Å². The minimum atomic E-state index is -0.887. The molecular weight excluding hydrogens is 360 g/mol. The number of nitrogens with zero attached hydrogens (tertiary/aromatic N) is 2. The topological polar surface area (TPSA) is 113 Å². The summed E-state index contributed by atoms with van der Waals surface area (Å²) in [4.78, 5) is 41.0. The van der Waals surface area contributed by atoms with Crippen LogP contribution in [0.3, 0.4) is 0 Å². The van der Waals surface area contributed by atoms with Crippen molar-refractivity contribution in [1.29, 1.82) is 0 Å². The lowest BCUT2D eigenvalue weighted by molar-refractivity contribution is -0.142. The van der Waals surface area contributed by atoms with Gasteiger partial charge in [-0.1, -0.05) is 32.3 Å². The van der Waals surface area contributed by atoms with Crippen molar-refractivity contribution in [2.45, 2.75) is 57.5 Å². The standard InChI is InChI=1S/C20H26N4O4/c1-2-3-8-15(18(25)22-14-9-6-7-13(14)20(27)28)23-19(26)16-12-24-11-5-4-10-17(24)21-16/h4-5,10-15H,2-3,6-9H2,1H3,(H,22,25)(H,23,26)(H,27,28)/t13-,14+,15+/m1/s1. The summed E-state index contributed by atoms with van der Waals surface area (Å²) >= 11 is 0. The first-order chi connectivity index (χ1) is 13.5. The van der Waals surface area contributed by atoms with Crippen LogP contribution in [0.5, 0.6) is 0 Å². The van der Waals surface area contributed by atoms with E-state index in [4.69, 9.17) is 0 Å². The summed E-state index contributed by atoms with van der Waals surface area (Å²) in [6, 6.07) is 4.37. The Morgan fingerprint density at radius 3 is 2.86 bits per heavy atom. The lowest BCUT2D eigenvalue weighted by Crippen LogP contribution is -2.51. The summed E-state index contributed by atoms with van der Waals surface area (Å²) < 4.78 is 1.74. The molecule has 28 heavy (non-hydrogen) atoms. The van der Waals surface area contributed by atoms with Crippen LogP contribution in [0.4, 0.5) is 0 Å². The van der Waals surface area contributed by atoms with Gasteiger partial charge in [-0.15, -0.1) is 0 Å². The molecule has 1 aliphatic carbocycles. The van der Waals surface area contributed by atoms with Crippen LogP contribution < -0.4 is 10.6 Å². The van der Waals surface area contributed by atoms with Gasteiger partial charge < -0.3 is 20.1 Å². The molecule has 2 heterocycles. The number of unbranched alkanes of at least 4 members (excludes halogenated alkanes) is 1. The minimum absolute atomic E-state index is 0.241. The average Bonchev–Trinajstić information content (AvgIpc) is 3.31. The Kier molecular flexibility index (Phi) is 6.28. The Morgan fingerprint density at radius 1 is 1.32 bits per heavy atom. The Balaban J connectivity index is 1.69. The SMILES string of the molecule is CCCC[C@H](NC(=O)c1cn2ccccc2n1)C(=O)N[C@H]1CCC[C@H]1C(=O)O. The van der Waals surface area contributed by atoms with E-state index >= 15 is 0 Å². The highest BCUT2D eigenvalue weighted by molar-refractivity contribution is 5.96. The normalized spacial score (nSPS) is 20.0. The van der Waals surface area contributed by atoms with Crippen molar-refractivity contribution in [3.05, 3.63) is 36.3 Å². The average molecular weight is 386 g/mol. The third kappa shape index (κ3) is 4.49. The van der Waals surface area contributed by atoms with Crippen molar-refractivity contribution in [2.75, 3.05) is 0 Å². The van der Waals surface area contributed by atoms with Crippen molar-refractivity contribution in [3.8, 4) is 0 Å². The molecule has 0 aromatic carbocycles. The van der Waals surface area contributed by atoms with Crippen molar-refractivity contribution in [2.24, 2.45) is 5.92 Å². The van der Waals surface area contributed by atoms with Gasteiger partial charge >= 0.3 is 5.97 Å². The van der Waals surface area contributed by atoms with Crippen molar-refractivity contribution < 1.29 is 19.5 Å². The number of carboxylic acid groups (broad SMARTS) is 1. The minimum Gasteiger partial charge on any atom is -0.481 e. The molecule has 3 rings (SSSR count). The van der Waals surface area contributed by atoms with Gasteiger partial charge in [-0.05, 0) is 31.4 Å². The number of fused-ring (bicyclic) bond motifs is 1. The number of amides is 2. The fraction of sp³-hybridized carbons (Fsp3) is 0.500. The molecule has 0 bridgehead atoms. The number of rotatable bonds is 8. The zero-order chi connectivity index (χ0) is 20.1. The molecule has 150 valence electrons. The highest BCUT2D eigenvalue weighted by Crippen LogP contribution is 2.26. The molecule has 8 nitrogen and oxygen atoms in total. The number of imidazole rings is 1. The van der Waals surface area contributed by atoms with E-state index in [0.717, 1.165) is 19.3 Å². The van der Waals surface area contributed by atoms with Crippen LogP contribution in [-0.2, 0) is 9.59 Å². The number of hydrogen-bond donors (Lipinski definition) is 3. The quantitative estimate of drug-likeness (QED) is 0.642. The van der Waals surface area contributed by atoms with Gasteiger partial charge in [0.15, 0.2) is 0 Å². The summed E-state index contributed by atoms with van der Waals surface area (Å²) in [7, 11) is 0. The molecule has 8 heteroatoms. The third-order valence-corrected chi connectivity index (χ3v) is 5.23. The largest absolute Gasteiger partial charge is 0.481 e. The highest BCUT2D eigenvalue weighted by atomic mass is 16.4. The monoisotopic (exact) mass is 386 g/mol. The maximum atomic E-state index is 12.8. The Morgan fingerprint density at radius 2 is 2.14 bits per heavy atom. The summed E-state index contributed by atoms with van der Waals surface area (Å²) in [5.74, 6) is -2.20. The molecule has 0 aliphatic heterocycles. The van der Waals surface area contributed by atoms with Crippen LogP contribution in [0.15, 0.2) is 30.6 Å². The number of hydrogen-bond acceptors (Lipinski definition) is 4. The first kappa shape index (κ1) is 19.9. The fourth-order valence-corrected chi connectivity index (χ4v) is 3.67. The van der Waals surface area contributed by atoms with Gasteiger partial charge in [-0.3, -0.25) is 14.4 Å². The van der Waals surface area contributed by atoms with Crippen LogP contribution >= 0.6 is 0 Å². The van der Waals surface area contributed by atoms with Crippen molar-refractivity contribution in [1.82, 2.24) is 20.0 Å². The Hall–Kier alpha value is -2.90. The fourth-order valence-electron chi connectivity index (χ4n) is 3.67. The number of aromatic nitrogens is 2. The summed E-state index contributed by atoms with van der Waals surface area (Å²) in [6.45, 7) is 2.01. The van der Waals surface area contributed by atoms with Gasteiger partial charge in [0.2, 0.25) is 5.91 Å². The first-order valence-corrected chi connectivity index (χ1v) is 9.77. The molecule has 1 saturated carbocycles. The van der Waals surface area contributed by atoms with Gasteiger partial charge in [0.25, 0.3) is 5.91 Å². The van der Waals surface area contributed by atoms with Gasteiger partial charge in [0.05, 0.1) is 5.92 Å². The number of nitrogens with one attached hydrogen (secondary N) is 2. The van der Waals surface area contributed by atoms with E-state index < -0.39 is 23.8 Å². The molecule has 3 N–H and O–H groups in total. The second kappa shape index (κ2) is 8.86. The zero-order valence-electron chi connectivity index (χ0n) is 15.9. The predicted molar refractivity (Wildman–Crippen MR) is 103 cm³/mol. The lowest BCUT2D eigenvalue weighted by atomic mass is 10.0. The van der Waals surface area contributed by atoms with Crippen LogP contribution in [-0.4, -0.2) is 44.4 Å². The molecule has 1 aliphatic rings. The molecule has 0 unspecified atom stereocenters. The maximum Gasteiger partial charge on any atom is 0.308 e. The predicted octanol–water partition coefficient (Wildman–Crippen LogP) is 1.99. The molecule has 2 aromatic rings. The number of aliphatic carboxylic acids is 1. The molecule has 0 radical (unpaired) electrons. The number of carboxylic acids is 1. The molecule has 0 spiro atoms. The molecule has 2 amide bonds. The van der Waals surface area contributed by atoms with E-state index in [1.165, 1.54) is 0 Å². The van der Waals surface area contributed by atoms with Crippen LogP contribution in [0.2, 0.25) is 0 Å². The summed E-state index contributed by atoms with van der Waals surface area (Å²) in [5.41, 5.74) is 0.891. The van der Waals surface area contributed by atoms with Gasteiger partial charge in [-0.2, -0.15) is 0 Å². The number of carbonyl (C=O) groups is 3. The van der Waals surface area contributed by atoms with E-state index in [2.05, 4.69) is 15.6 Å². The molecular formula is C20H26N4O4. The number of carbonyl (C=O) groups excluding carboxylic acids is 2. The summed E-state index contributed by atoms with van der Waals surface area (Å²) in [6.07, 6.45) is 7.55. The van der Waals surface area contributed by atoms with Crippen molar-refractivity contribution >= 4 is 23.4 Å². The second-order valence-corrected chi connectivity index (χ2v) is 7.25. The molecule has 2 aromatic heterocycles. The lowest BCUT2D eigenvalue weighted by Gasteiger charge is -2.23. The smallest absolute Gasteiger partial charge is 0.308 e. The van der Waals surface area contributed by atoms with E-state index in [9.17, 15) is 19.5 Å². The third-order valence-electron chi connectivity index (χ3n) is 5.23. The van der Waals surface area contributed by atoms with E-state index in [0.29, 0.717) is 24.9 Å². The Bertz CT molecular complexity index is 830. The van der Waals surface area contributed by atoms with Gasteiger partial charge in [0, 0.05) is 18.4 Å². The van der Waals surface area contributed by atoms with E-state index in [1.54, 1.807) is 22.9 Å². The van der Waals surface area contributed by atoms with E-state index in [-0.39, 0.29) is 17.6 Å². The molecule has 3 atom stereocenters. The molecule has 0 saturated heterocycles. The number of pyridine rings is 1.